The van der Waals surface area contributed by atoms with E-state index >= 15 is 0 Å². The molecule has 1 amide bonds. The lowest BCUT2D eigenvalue weighted by atomic mass is 10.0. The van der Waals surface area contributed by atoms with Gasteiger partial charge in [-0.15, -0.1) is 10.2 Å². The Labute approximate surface area is 127 Å². The third kappa shape index (κ3) is 4.57. The van der Waals surface area contributed by atoms with Gasteiger partial charge in [0.2, 0.25) is 11.8 Å². The molecule has 6 nitrogen and oxygen atoms in total. The zero-order chi connectivity index (χ0) is 15.2. The fourth-order valence-corrected chi connectivity index (χ4v) is 2.24. The summed E-state index contributed by atoms with van der Waals surface area (Å²) in [5.74, 6) is 0.921. The van der Waals surface area contributed by atoms with Gasteiger partial charge in [-0.05, 0) is 23.6 Å². The number of aromatic nitrogens is 2. The third-order valence-electron chi connectivity index (χ3n) is 2.81. The molecule has 0 spiro atoms. The van der Waals surface area contributed by atoms with E-state index in [9.17, 15) is 4.79 Å². The van der Waals surface area contributed by atoms with Crippen molar-refractivity contribution < 1.29 is 9.21 Å². The number of nitrogens with two attached hydrogens (primary N) is 1. The minimum Gasteiger partial charge on any atom is -0.415 e. The normalized spacial score (nSPS) is 10.9. The quantitative estimate of drug-likeness (QED) is 0.796. The van der Waals surface area contributed by atoms with Gasteiger partial charge in [0, 0.05) is 5.69 Å². The molecule has 21 heavy (non-hydrogen) atoms. The maximum Gasteiger partial charge on any atom is 0.277 e. The van der Waals surface area contributed by atoms with Crippen LogP contribution >= 0.6 is 11.8 Å². The van der Waals surface area contributed by atoms with Crippen LogP contribution in [0.3, 0.4) is 0 Å². The van der Waals surface area contributed by atoms with E-state index in [-0.39, 0.29) is 18.2 Å². The van der Waals surface area contributed by atoms with E-state index in [0.29, 0.717) is 17.0 Å². The average molecular weight is 306 g/mol. The van der Waals surface area contributed by atoms with Crippen molar-refractivity contribution in [2.45, 2.75) is 31.5 Å². The molecule has 112 valence electrons. The summed E-state index contributed by atoms with van der Waals surface area (Å²) in [6.07, 6.45) is 0. The van der Waals surface area contributed by atoms with Crippen LogP contribution in [-0.2, 0) is 11.3 Å². The number of hydrogen-bond donors (Lipinski definition) is 2. The van der Waals surface area contributed by atoms with Crippen LogP contribution in [0.1, 0.15) is 31.2 Å². The molecule has 0 radical (unpaired) electrons. The maximum absolute atomic E-state index is 11.8. The van der Waals surface area contributed by atoms with E-state index < -0.39 is 0 Å². The molecule has 0 aliphatic carbocycles. The van der Waals surface area contributed by atoms with E-state index in [1.807, 2.05) is 24.3 Å². The second kappa shape index (κ2) is 7.24. The molecule has 0 saturated heterocycles. The van der Waals surface area contributed by atoms with Gasteiger partial charge in [0.05, 0.1) is 12.3 Å². The van der Waals surface area contributed by atoms with E-state index in [1.165, 1.54) is 17.3 Å². The first-order valence-corrected chi connectivity index (χ1v) is 7.62. The monoisotopic (exact) mass is 306 g/mol. The Kier molecular flexibility index (Phi) is 5.35. The number of anilines is 1. The van der Waals surface area contributed by atoms with Gasteiger partial charge in [-0.3, -0.25) is 4.79 Å². The summed E-state index contributed by atoms with van der Waals surface area (Å²) in [6.45, 7) is 4.45. The molecule has 0 aliphatic heterocycles. The van der Waals surface area contributed by atoms with Crippen LogP contribution in [-0.4, -0.2) is 21.9 Å². The highest BCUT2D eigenvalue weighted by Gasteiger charge is 2.09. The van der Waals surface area contributed by atoms with Gasteiger partial charge < -0.3 is 15.5 Å². The second-order valence-corrected chi connectivity index (χ2v) is 5.71. The lowest BCUT2D eigenvalue weighted by molar-refractivity contribution is -0.113. The molecule has 0 unspecified atom stereocenters. The van der Waals surface area contributed by atoms with Crippen molar-refractivity contribution in [3.63, 3.8) is 0 Å². The molecule has 0 aliphatic rings. The van der Waals surface area contributed by atoms with Gasteiger partial charge in [0.15, 0.2) is 0 Å². The minimum absolute atomic E-state index is 0.121. The van der Waals surface area contributed by atoms with Gasteiger partial charge in [-0.2, -0.15) is 0 Å². The number of hydrogen-bond acceptors (Lipinski definition) is 6. The zero-order valence-corrected chi connectivity index (χ0v) is 12.8. The number of nitrogens with zero attached hydrogens (tertiary/aromatic N) is 2. The molecular formula is C14H18N4O2S. The van der Waals surface area contributed by atoms with Crippen molar-refractivity contribution in [1.82, 2.24) is 10.2 Å². The van der Waals surface area contributed by atoms with Gasteiger partial charge >= 0.3 is 0 Å². The molecule has 1 aromatic carbocycles. The van der Waals surface area contributed by atoms with Crippen molar-refractivity contribution in [3.8, 4) is 0 Å². The van der Waals surface area contributed by atoms with Crippen molar-refractivity contribution in [1.29, 1.82) is 0 Å². The molecule has 7 heteroatoms. The number of rotatable bonds is 6. The lowest BCUT2D eigenvalue weighted by Gasteiger charge is -2.07. The molecule has 0 fully saturated rings. The first kappa shape index (κ1) is 15.5. The van der Waals surface area contributed by atoms with Gasteiger partial charge in [-0.25, -0.2) is 0 Å². The summed E-state index contributed by atoms with van der Waals surface area (Å²) in [5, 5.41) is 10.7. The maximum atomic E-state index is 11.8. The van der Waals surface area contributed by atoms with Crippen molar-refractivity contribution in [3.05, 3.63) is 35.7 Å². The Balaban J connectivity index is 1.83. The van der Waals surface area contributed by atoms with Gasteiger partial charge in [0.25, 0.3) is 5.22 Å². The highest BCUT2D eigenvalue weighted by molar-refractivity contribution is 7.99. The first-order valence-electron chi connectivity index (χ1n) is 6.63. The summed E-state index contributed by atoms with van der Waals surface area (Å²) in [6, 6.07) is 7.83. The summed E-state index contributed by atoms with van der Waals surface area (Å²) >= 11 is 1.18. The molecule has 1 heterocycles. The van der Waals surface area contributed by atoms with Crippen molar-refractivity contribution in [2.75, 3.05) is 11.1 Å². The highest BCUT2D eigenvalue weighted by Crippen LogP contribution is 2.19. The van der Waals surface area contributed by atoms with E-state index in [1.54, 1.807) is 0 Å². The van der Waals surface area contributed by atoms with Gasteiger partial charge in [-0.1, -0.05) is 37.7 Å². The molecular weight excluding hydrogens is 288 g/mol. The molecule has 1 aromatic heterocycles. The SMILES string of the molecule is CC(C)c1ccc(NC(=O)CSc2nnc(CN)o2)cc1. The predicted octanol–water partition coefficient (Wildman–Crippen LogP) is 2.38. The summed E-state index contributed by atoms with van der Waals surface area (Å²) in [7, 11) is 0. The van der Waals surface area contributed by atoms with Crippen molar-refractivity contribution >= 4 is 23.4 Å². The largest absolute Gasteiger partial charge is 0.415 e. The molecule has 3 N–H and O–H groups in total. The number of thioether (sulfide) groups is 1. The lowest BCUT2D eigenvalue weighted by Crippen LogP contribution is -2.14. The third-order valence-corrected chi connectivity index (χ3v) is 3.63. The molecule has 2 aromatic rings. The van der Waals surface area contributed by atoms with Crippen molar-refractivity contribution in [2.24, 2.45) is 5.73 Å². The van der Waals surface area contributed by atoms with E-state index in [2.05, 4.69) is 29.4 Å². The average Bonchev–Trinajstić information content (AvgIpc) is 2.94. The number of benzene rings is 1. The number of amides is 1. The Hall–Kier alpha value is -1.86. The fourth-order valence-electron chi connectivity index (χ4n) is 1.65. The molecule has 2 rings (SSSR count). The van der Waals surface area contributed by atoms with Crippen LogP contribution in [0.5, 0.6) is 0 Å². The van der Waals surface area contributed by atoms with Gasteiger partial charge in [0.1, 0.15) is 0 Å². The van der Waals surface area contributed by atoms with Crippen LogP contribution in [0.2, 0.25) is 0 Å². The first-order chi connectivity index (χ1) is 10.1. The fraction of sp³-hybridized carbons (Fsp3) is 0.357. The number of carbonyl (C=O) groups excluding carboxylic acids is 1. The smallest absolute Gasteiger partial charge is 0.277 e. The number of nitrogens with one attached hydrogen (secondary N) is 1. The highest BCUT2D eigenvalue weighted by atomic mass is 32.2. The second-order valence-electron chi connectivity index (χ2n) is 4.78. The van der Waals surface area contributed by atoms with Crippen LogP contribution in [0, 0.1) is 0 Å². The standard InChI is InChI=1S/C14H18N4O2S/c1-9(2)10-3-5-11(6-4-10)16-12(19)8-21-14-18-17-13(7-15)20-14/h3-6,9H,7-8,15H2,1-2H3,(H,16,19). The van der Waals surface area contributed by atoms with Crippen LogP contribution in [0.25, 0.3) is 0 Å². The molecule has 0 bridgehead atoms. The van der Waals surface area contributed by atoms with E-state index in [0.717, 1.165) is 5.69 Å². The minimum atomic E-state index is -0.121. The Morgan fingerprint density at radius 3 is 2.62 bits per heavy atom. The summed E-state index contributed by atoms with van der Waals surface area (Å²) in [5.41, 5.74) is 7.38. The summed E-state index contributed by atoms with van der Waals surface area (Å²) in [4.78, 5) is 11.8. The van der Waals surface area contributed by atoms with Crippen LogP contribution < -0.4 is 11.1 Å². The zero-order valence-electron chi connectivity index (χ0n) is 12.0. The Bertz CT molecular complexity index is 595. The predicted molar refractivity (Wildman–Crippen MR) is 82.1 cm³/mol. The Morgan fingerprint density at radius 2 is 2.05 bits per heavy atom. The molecule has 0 atom stereocenters. The number of carbonyl (C=O) groups is 1. The van der Waals surface area contributed by atoms with Crippen LogP contribution in [0.15, 0.2) is 33.9 Å². The van der Waals surface area contributed by atoms with E-state index in [4.69, 9.17) is 10.2 Å². The molecule has 0 saturated carbocycles. The summed E-state index contributed by atoms with van der Waals surface area (Å²) < 4.78 is 5.21. The topological polar surface area (TPSA) is 94.0 Å². The Morgan fingerprint density at radius 1 is 1.33 bits per heavy atom. The van der Waals surface area contributed by atoms with Crippen LogP contribution in [0.4, 0.5) is 5.69 Å².